The lowest BCUT2D eigenvalue weighted by atomic mass is 9.95. The van der Waals surface area contributed by atoms with E-state index in [1.54, 1.807) is 0 Å². The normalized spacial score (nSPS) is 24.2. The number of guanidine groups is 1. The number of aliphatic imine (C=N–C) groups is 1. The van der Waals surface area contributed by atoms with Crippen LogP contribution in [0.25, 0.3) is 0 Å². The van der Waals surface area contributed by atoms with E-state index >= 15 is 0 Å². The van der Waals surface area contributed by atoms with Gasteiger partial charge in [0.1, 0.15) is 0 Å². The van der Waals surface area contributed by atoms with Gasteiger partial charge in [0, 0.05) is 45.7 Å². The number of benzene rings is 1. The van der Waals surface area contributed by atoms with Crippen LogP contribution >= 0.6 is 0 Å². The summed E-state index contributed by atoms with van der Waals surface area (Å²) in [5.41, 5.74) is 6.78. The van der Waals surface area contributed by atoms with Crippen molar-refractivity contribution >= 4 is 11.9 Å². The first kappa shape index (κ1) is 20.6. The number of primary amides is 1. The van der Waals surface area contributed by atoms with Gasteiger partial charge in [0.05, 0.1) is 0 Å². The van der Waals surface area contributed by atoms with Crippen LogP contribution in [0.4, 0.5) is 0 Å². The lowest BCUT2D eigenvalue weighted by molar-refractivity contribution is -0.119. The van der Waals surface area contributed by atoms with E-state index in [1.807, 2.05) is 7.05 Å². The van der Waals surface area contributed by atoms with Crippen LogP contribution < -0.4 is 11.1 Å². The molecular weight excluding hydrogens is 350 g/mol. The largest absolute Gasteiger partial charge is 0.370 e. The quantitative estimate of drug-likeness (QED) is 0.582. The molecule has 0 radical (unpaired) electrons. The molecule has 154 valence electrons. The number of rotatable bonds is 6. The van der Waals surface area contributed by atoms with Gasteiger partial charge in [-0.15, -0.1) is 0 Å². The topological polar surface area (TPSA) is 74.0 Å². The molecule has 2 heterocycles. The van der Waals surface area contributed by atoms with Gasteiger partial charge in [-0.3, -0.25) is 14.7 Å². The van der Waals surface area contributed by atoms with Gasteiger partial charge in [-0.2, -0.15) is 0 Å². The Morgan fingerprint density at radius 1 is 1.18 bits per heavy atom. The molecule has 2 aliphatic heterocycles. The Morgan fingerprint density at radius 3 is 2.75 bits per heavy atom. The lowest BCUT2D eigenvalue weighted by Crippen LogP contribution is -2.51. The molecule has 6 nitrogen and oxygen atoms in total. The van der Waals surface area contributed by atoms with Crippen LogP contribution in [0.3, 0.4) is 0 Å². The molecular formula is C22H35N5O. The number of carbonyl (C=O) groups is 1. The number of hydrogen-bond donors (Lipinski definition) is 2. The molecule has 2 atom stereocenters. The highest BCUT2D eigenvalue weighted by Crippen LogP contribution is 2.21. The van der Waals surface area contributed by atoms with Gasteiger partial charge in [-0.05, 0) is 43.7 Å². The molecule has 1 amide bonds. The first-order chi connectivity index (χ1) is 13.7. The summed E-state index contributed by atoms with van der Waals surface area (Å²) in [6, 6.07) is 11.3. The van der Waals surface area contributed by atoms with Crippen LogP contribution in [-0.2, 0) is 11.3 Å². The van der Waals surface area contributed by atoms with Gasteiger partial charge in [-0.25, -0.2) is 0 Å². The molecule has 0 aromatic heterocycles. The second kappa shape index (κ2) is 10.5. The predicted octanol–water partition coefficient (Wildman–Crippen LogP) is 2.20. The summed E-state index contributed by atoms with van der Waals surface area (Å²) in [6.45, 7) is 4.94. The summed E-state index contributed by atoms with van der Waals surface area (Å²) < 4.78 is 0. The molecule has 2 fully saturated rings. The van der Waals surface area contributed by atoms with Gasteiger partial charge in [-0.1, -0.05) is 36.8 Å². The third kappa shape index (κ3) is 5.96. The van der Waals surface area contributed by atoms with E-state index in [4.69, 9.17) is 5.73 Å². The van der Waals surface area contributed by atoms with Crippen LogP contribution in [0, 0.1) is 5.92 Å². The van der Waals surface area contributed by atoms with Crippen molar-refractivity contribution in [2.24, 2.45) is 16.6 Å². The number of hydrogen-bond acceptors (Lipinski definition) is 3. The molecule has 2 aliphatic rings. The summed E-state index contributed by atoms with van der Waals surface area (Å²) in [5.74, 6) is 1.10. The molecule has 28 heavy (non-hydrogen) atoms. The van der Waals surface area contributed by atoms with Crippen molar-refractivity contribution in [2.75, 3.05) is 33.2 Å². The van der Waals surface area contributed by atoms with Gasteiger partial charge in [0.15, 0.2) is 5.96 Å². The van der Waals surface area contributed by atoms with Crippen LogP contribution in [0.2, 0.25) is 0 Å². The zero-order valence-corrected chi connectivity index (χ0v) is 17.1. The maximum Gasteiger partial charge on any atom is 0.217 e. The molecule has 2 saturated heterocycles. The Hall–Kier alpha value is -2.08. The molecule has 0 saturated carbocycles. The predicted molar refractivity (Wildman–Crippen MR) is 114 cm³/mol. The van der Waals surface area contributed by atoms with Crippen molar-refractivity contribution in [3.05, 3.63) is 35.9 Å². The first-order valence-electron chi connectivity index (χ1n) is 10.7. The maximum absolute atomic E-state index is 11.3. The molecule has 0 bridgehead atoms. The van der Waals surface area contributed by atoms with Gasteiger partial charge >= 0.3 is 0 Å². The number of piperidine rings is 2. The van der Waals surface area contributed by atoms with Crippen molar-refractivity contribution in [3.8, 4) is 0 Å². The molecule has 3 N–H and O–H groups in total. The van der Waals surface area contributed by atoms with Gasteiger partial charge < -0.3 is 16.0 Å². The lowest BCUT2D eigenvalue weighted by Gasteiger charge is -2.38. The SMILES string of the molecule is CN=C(NCC1CCCCN1Cc1ccccc1)N1CCCC(CC(N)=O)C1. The highest BCUT2D eigenvalue weighted by atomic mass is 16.1. The van der Waals surface area contributed by atoms with E-state index < -0.39 is 0 Å². The molecule has 6 heteroatoms. The summed E-state index contributed by atoms with van der Waals surface area (Å²) >= 11 is 0. The minimum absolute atomic E-state index is 0.200. The van der Waals surface area contributed by atoms with Crippen molar-refractivity contribution in [1.82, 2.24) is 15.1 Å². The van der Waals surface area contributed by atoms with Crippen LogP contribution in [0.1, 0.15) is 44.1 Å². The third-order valence-electron chi connectivity index (χ3n) is 5.99. The average Bonchev–Trinajstić information content (AvgIpc) is 2.70. The Morgan fingerprint density at radius 2 is 2.00 bits per heavy atom. The third-order valence-corrected chi connectivity index (χ3v) is 5.99. The van der Waals surface area contributed by atoms with Crippen molar-refractivity contribution in [1.29, 1.82) is 0 Å². The Labute approximate surface area is 169 Å². The molecule has 1 aromatic rings. The number of amides is 1. The Kier molecular flexibility index (Phi) is 7.71. The molecule has 0 aliphatic carbocycles. The van der Waals surface area contributed by atoms with Crippen molar-refractivity contribution in [2.45, 2.75) is 51.1 Å². The maximum atomic E-state index is 11.3. The molecule has 3 rings (SSSR count). The van der Waals surface area contributed by atoms with E-state index in [-0.39, 0.29) is 5.91 Å². The van der Waals surface area contributed by atoms with E-state index in [1.165, 1.54) is 24.8 Å². The smallest absolute Gasteiger partial charge is 0.217 e. The van der Waals surface area contributed by atoms with Crippen LogP contribution in [-0.4, -0.2) is 60.9 Å². The van der Waals surface area contributed by atoms with Crippen LogP contribution in [0.15, 0.2) is 35.3 Å². The summed E-state index contributed by atoms with van der Waals surface area (Å²) in [7, 11) is 1.85. The van der Waals surface area contributed by atoms with E-state index in [0.29, 0.717) is 18.4 Å². The zero-order chi connectivity index (χ0) is 19.8. The molecule has 1 aromatic carbocycles. The highest BCUT2D eigenvalue weighted by Gasteiger charge is 2.26. The second-order valence-corrected chi connectivity index (χ2v) is 8.16. The fourth-order valence-corrected chi connectivity index (χ4v) is 4.57. The standard InChI is InChI=1S/C22H35N5O/c1-24-22(27-13-7-10-19(17-27)14-21(23)28)25-15-20-11-5-6-12-26(20)16-18-8-3-2-4-9-18/h2-4,8-9,19-20H,5-7,10-17H2,1H3,(H2,23,28)(H,24,25). The fraction of sp³-hybridized carbons (Fsp3) is 0.636. The average molecular weight is 386 g/mol. The minimum Gasteiger partial charge on any atom is -0.370 e. The van der Waals surface area contributed by atoms with E-state index in [9.17, 15) is 4.79 Å². The fourth-order valence-electron chi connectivity index (χ4n) is 4.57. The summed E-state index contributed by atoms with van der Waals surface area (Å²) in [4.78, 5) is 20.7. The number of nitrogens with two attached hydrogens (primary N) is 1. The number of likely N-dealkylation sites (tertiary alicyclic amines) is 2. The molecule has 2 unspecified atom stereocenters. The van der Waals surface area contributed by atoms with Crippen molar-refractivity contribution < 1.29 is 4.79 Å². The summed E-state index contributed by atoms with van der Waals surface area (Å²) in [5, 5.41) is 3.62. The van der Waals surface area contributed by atoms with E-state index in [0.717, 1.165) is 51.5 Å². The molecule has 0 spiro atoms. The van der Waals surface area contributed by atoms with Crippen LogP contribution in [0.5, 0.6) is 0 Å². The number of carbonyl (C=O) groups excluding carboxylic acids is 1. The van der Waals surface area contributed by atoms with Gasteiger partial charge in [0.25, 0.3) is 0 Å². The zero-order valence-electron chi connectivity index (χ0n) is 17.1. The van der Waals surface area contributed by atoms with E-state index in [2.05, 4.69) is 50.4 Å². The second-order valence-electron chi connectivity index (χ2n) is 8.16. The Balaban J connectivity index is 1.54. The summed E-state index contributed by atoms with van der Waals surface area (Å²) in [6.07, 6.45) is 6.42. The Bertz CT molecular complexity index is 648. The van der Waals surface area contributed by atoms with Gasteiger partial charge in [0.2, 0.25) is 5.91 Å². The number of nitrogens with one attached hydrogen (secondary N) is 1. The minimum atomic E-state index is -0.200. The van der Waals surface area contributed by atoms with Crippen molar-refractivity contribution in [3.63, 3.8) is 0 Å². The first-order valence-corrected chi connectivity index (χ1v) is 10.7. The monoisotopic (exact) mass is 385 g/mol. The highest BCUT2D eigenvalue weighted by molar-refractivity contribution is 5.80. The number of nitrogens with zero attached hydrogens (tertiary/aromatic N) is 3.